The lowest BCUT2D eigenvalue weighted by Gasteiger charge is -2.15. The largest absolute Gasteiger partial charge is 0.493 e. The van der Waals surface area contributed by atoms with Gasteiger partial charge in [-0.3, -0.25) is 4.79 Å². The molecule has 5 aromatic rings. The molecule has 0 aliphatic carbocycles. The van der Waals surface area contributed by atoms with Crippen LogP contribution in [0.15, 0.2) is 91.6 Å². The molecule has 1 amide bonds. The van der Waals surface area contributed by atoms with Gasteiger partial charge in [-0.15, -0.1) is 0 Å². The minimum atomic E-state index is -0.285. The zero-order valence-corrected chi connectivity index (χ0v) is 20.7. The highest BCUT2D eigenvalue weighted by atomic mass is 16.5. The Bertz CT molecular complexity index is 1500. The van der Waals surface area contributed by atoms with E-state index < -0.39 is 0 Å². The van der Waals surface area contributed by atoms with Crippen molar-refractivity contribution in [1.82, 2.24) is 29.9 Å². The van der Waals surface area contributed by atoms with Gasteiger partial charge in [0, 0.05) is 11.8 Å². The normalized spacial score (nSPS) is 11.6. The number of ether oxygens (including phenoxy) is 2. The first kappa shape index (κ1) is 23.8. The lowest BCUT2D eigenvalue weighted by atomic mass is 10.0. The van der Waals surface area contributed by atoms with Crippen LogP contribution in [0.4, 0.5) is 0 Å². The predicted molar refractivity (Wildman–Crippen MR) is 139 cm³/mol. The Morgan fingerprint density at radius 2 is 1.62 bits per heavy atom. The van der Waals surface area contributed by atoms with Gasteiger partial charge in [0.2, 0.25) is 0 Å². The third kappa shape index (κ3) is 4.92. The van der Waals surface area contributed by atoms with Gasteiger partial charge in [0.05, 0.1) is 31.6 Å². The number of nitrogens with zero attached hydrogens (tertiary/aromatic N) is 5. The van der Waals surface area contributed by atoms with Crippen LogP contribution in [0.3, 0.4) is 0 Å². The lowest BCUT2D eigenvalue weighted by molar-refractivity contribution is 0.0935. The van der Waals surface area contributed by atoms with Crippen LogP contribution < -0.4 is 14.8 Å². The van der Waals surface area contributed by atoms with Gasteiger partial charge < -0.3 is 14.8 Å². The van der Waals surface area contributed by atoms with Gasteiger partial charge in [-0.1, -0.05) is 36.4 Å². The first-order chi connectivity index (χ1) is 18.1. The van der Waals surface area contributed by atoms with Crippen molar-refractivity contribution in [2.45, 2.75) is 13.0 Å². The van der Waals surface area contributed by atoms with Crippen LogP contribution >= 0.6 is 0 Å². The van der Waals surface area contributed by atoms with Crippen LogP contribution in [0, 0.1) is 0 Å². The first-order valence-corrected chi connectivity index (χ1v) is 11.7. The highest BCUT2D eigenvalue weighted by molar-refractivity contribution is 5.99. The molecule has 37 heavy (non-hydrogen) atoms. The number of aromatic nitrogens is 5. The number of methoxy groups -OCH3 is 2. The monoisotopic (exact) mass is 494 g/mol. The molecule has 0 bridgehead atoms. The molecule has 0 aliphatic rings. The molecular weight excluding hydrogens is 468 g/mol. The van der Waals surface area contributed by atoms with E-state index in [-0.39, 0.29) is 11.9 Å². The van der Waals surface area contributed by atoms with Gasteiger partial charge in [0.15, 0.2) is 17.2 Å². The Labute approximate surface area is 214 Å². The molecule has 5 rings (SSSR count). The number of carbonyl (C=O) groups excluding carboxylic acids is 1. The summed E-state index contributed by atoms with van der Waals surface area (Å²) < 4.78 is 14.3. The van der Waals surface area contributed by atoms with Crippen LogP contribution in [-0.2, 0) is 0 Å². The molecule has 0 aliphatic heterocycles. The first-order valence-electron chi connectivity index (χ1n) is 11.7. The molecule has 2 aromatic heterocycles. The summed E-state index contributed by atoms with van der Waals surface area (Å²) in [4.78, 5) is 17.5. The topological polar surface area (TPSA) is 96.1 Å². The molecule has 9 nitrogen and oxygen atoms in total. The fraction of sp³-hybridized carbons (Fsp3) is 0.143. The average molecular weight is 495 g/mol. The molecule has 9 heteroatoms. The number of hydrogen-bond donors (Lipinski definition) is 1. The predicted octanol–water partition coefficient (Wildman–Crippen LogP) is 4.63. The van der Waals surface area contributed by atoms with Gasteiger partial charge in [0.25, 0.3) is 5.91 Å². The molecule has 2 heterocycles. The Hall–Kier alpha value is -4.92. The van der Waals surface area contributed by atoms with E-state index in [1.54, 1.807) is 29.9 Å². The van der Waals surface area contributed by atoms with Crippen molar-refractivity contribution in [2.75, 3.05) is 14.2 Å². The second kappa shape index (κ2) is 10.4. The molecule has 0 fully saturated rings. The molecule has 0 saturated heterocycles. The number of para-hydroxylation sites is 1. The van der Waals surface area contributed by atoms with E-state index in [1.807, 2.05) is 85.9 Å². The summed E-state index contributed by atoms with van der Waals surface area (Å²) in [5.41, 5.74) is 4.46. The van der Waals surface area contributed by atoms with Crippen molar-refractivity contribution in [2.24, 2.45) is 0 Å². The average Bonchev–Trinajstić information content (AvgIpc) is 3.64. The highest BCUT2D eigenvalue weighted by Crippen LogP contribution is 2.34. The van der Waals surface area contributed by atoms with Crippen LogP contribution in [0.1, 0.15) is 29.0 Å². The number of hydrogen-bond acceptors (Lipinski definition) is 6. The van der Waals surface area contributed by atoms with E-state index in [4.69, 9.17) is 9.47 Å². The van der Waals surface area contributed by atoms with Crippen molar-refractivity contribution in [1.29, 1.82) is 0 Å². The minimum Gasteiger partial charge on any atom is -0.493 e. The van der Waals surface area contributed by atoms with Crippen molar-refractivity contribution >= 4 is 5.91 Å². The number of nitrogens with one attached hydrogen (secondary N) is 1. The fourth-order valence-corrected chi connectivity index (χ4v) is 4.08. The molecule has 0 unspecified atom stereocenters. The van der Waals surface area contributed by atoms with Crippen LogP contribution in [0.5, 0.6) is 11.5 Å². The van der Waals surface area contributed by atoms with E-state index in [9.17, 15) is 4.79 Å². The Morgan fingerprint density at radius 1 is 0.892 bits per heavy atom. The molecule has 1 atom stereocenters. The second-order valence-corrected chi connectivity index (χ2v) is 8.37. The zero-order chi connectivity index (χ0) is 25.8. The van der Waals surface area contributed by atoms with E-state index in [0.29, 0.717) is 22.8 Å². The highest BCUT2D eigenvalue weighted by Gasteiger charge is 2.22. The Morgan fingerprint density at radius 3 is 2.30 bits per heavy atom. The van der Waals surface area contributed by atoms with Crippen molar-refractivity contribution in [3.05, 3.63) is 103 Å². The standard InChI is InChI=1S/C28H26N6O3/c1-19(20-9-12-23(13-10-20)34-18-29-17-30-34)31-28(35)27-24(16-33(32-27)22-7-5-4-6-8-22)21-11-14-25(36-2)26(15-21)37-3/h4-19H,1-3H3,(H,31,35)/t19-/m0/s1. The van der Waals surface area contributed by atoms with Gasteiger partial charge >= 0.3 is 0 Å². The van der Waals surface area contributed by atoms with Crippen LogP contribution in [-0.4, -0.2) is 44.7 Å². The van der Waals surface area contributed by atoms with Gasteiger partial charge in [-0.2, -0.15) is 10.2 Å². The summed E-state index contributed by atoms with van der Waals surface area (Å²) in [5.74, 6) is 0.891. The van der Waals surface area contributed by atoms with Crippen molar-refractivity contribution in [3.8, 4) is 34.0 Å². The van der Waals surface area contributed by atoms with E-state index in [1.165, 1.54) is 6.33 Å². The number of benzene rings is 3. The Kier molecular flexibility index (Phi) is 6.67. The van der Waals surface area contributed by atoms with Crippen molar-refractivity contribution < 1.29 is 14.3 Å². The van der Waals surface area contributed by atoms with Gasteiger partial charge in [-0.05, 0) is 54.4 Å². The summed E-state index contributed by atoms with van der Waals surface area (Å²) in [6.45, 7) is 1.94. The third-order valence-corrected chi connectivity index (χ3v) is 6.07. The summed E-state index contributed by atoms with van der Waals surface area (Å²) in [7, 11) is 3.17. The van der Waals surface area contributed by atoms with Crippen molar-refractivity contribution in [3.63, 3.8) is 0 Å². The maximum absolute atomic E-state index is 13.5. The van der Waals surface area contributed by atoms with Crippen LogP contribution in [0.25, 0.3) is 22.5 Å². The van der Waals surface area contributed by atoms with E-state index >= 15 is 0 Å². The molecule has 3 aromatic carbocycles. The Balaban J connectivity index is 1.46. The quantitative estimate of drug-likeness (QED) is 0.338. The summed E-state index contributed by atoms with van der Waals surface area (Å²) in [6.07, 6.45) is 4.98. The SMILES string of the molecule is COc1ccc(-c2cn(-c3ccccc3)nc2C(=O)N[C@@H](C)c2ccc(-n3cncn3)cc2)cc1OC. The molecule has 0 spiro atoms. The molecule has 0 saturated carbocycles. The fourth-order valence-electron chi connectivity index (χ4n) is 4.08. The smallest absolute Gasteiger partial charge is 0.272 e. The summed E-state index contributed by atoms with van der Waals surface area (Å²) in [5, 5.41) is 11.9. The third-order valence-electron chi connectivity index (χ3n) is 6.07. The lowest BCUT2D eigenvalue weighted by Crippen LogP contribution is -2.27. The van der Waals surface area contributed by atoms with E-state index in [2.05, 4.69) is 20.5 Å². The van der Waals surface area contributed by atoms with E-state index in [0.717, 1.165) is 22.5 Å². The minimum absolute atomic E-state index is 0.252. The summed E-state index contributed by atoms with van der Waals surface area (Å²) >= 11 is 0. The molecular formula is C28H26N6O3. The van der Waals surface area contributed by atoms with Gasteiger partial charge in [-0.25, -0.2) is 14.3 Å². The maximum atomic E-state index is 13.5. The number of rotatable bonds is 8. The summed E-state index contributed by atoms with van der Waals surface area (Å²) in [6, 6.07) is 22.7. The maximum Gasteiger partial charge on any atom is 0.272 e. The van der Waals surface area contributed by atoms with Crippen LogP contribution in [0.2, 0.25) is 0 Å². The molecule has 1 N–H and O–H groups in total. The number of carbonyl (C=O) groups is 1. The number of amides is 1. The van der Waals surface area contributed by atoms with Gasteiger partial charge in [0.1, 0.15) is 12.7 Å². The zero-order valence-electron chi connectivity index (χ0n) is 20.7. The second-order valence-electron chi connectivity index (χ2n) is 8.37. The molecule has 0 radical (unpaired) electrons. The molecule has 186 valence electrons.